The van der Waals surface area contributed by atoms with Gasteiger partial charge >= 0.3 is 6.36 Å². The van der Waals surface area contributed by atoms with Gasteiger partial charge in [-0.15, -0.1) is 13.2 Å². The highest BCUT2D eigenvalue weighted by molar-refractivity contribution is 7.92. The summed E-state index contributed by atoms with van der Waals surface area (Å²) in [4.78, 5) is 20.4. The van der Waals surface area contributed by atoms with Crippen molar-refractivity contribution in [1.29, 1.82) is 0 Å². The Kier molecular flexibility index (Phi) is 8.08. The molecular weight excluding hydrogens is 555 g/mol. The van der Waals surface area contributed by atoms with E-state index in [1.165, 1.54) is 55.8 Å². The Morgan fingerprint density at radius 1 is 1.12 bits per heavy atom. The van der Waals surface area contributed by atoms with Gasteiger partial charge in [-0.3, -0.25) is 19.6 Å². The fraction of sp³-hybridized carbons (Fsp3) is 0.167. The minimum Gasteiger partial charge on any atom is -0.487 e. The highest BCUT2D eigenvalue weighted by atomic mass is 32.2. The molecule has 40 heavy (non-hydrogen) atoms. The fourth-order valence-corrected chi connectivity index (χ4v) is 4.08. The number of ether oxygens (including phenoxy) is 2. The number of amides is 1. The third kappa shape index (κ3) is 7.16. The number of halogens is 3. The molecule has 1 amide bonds. The number of nitrogens with one attached hydrogen (secondary N) is 3. The molecule has 0 aliphatic heterocycles. The van der Waals surface area contributed by atoms with Gasteiger partial charge in [0.25, 0.3) is 5.91 Å². The normalized spacial score (nSPS) is 11.6. The molecule has 16 heteroatoms. The molecule has 0 atom stereocenters. The number of hydrogen-bond donors (Lipinski definition) is 4. The van der Waals surface area contributed by atoms with Crippen molar-refractivity contribution in [1.82, 2.24) is 20.2 Å². The molecule has 0 bridgehead atoms. The monoisotopic (exact) mass is 577 g/mol. The predicted molar refractivity (Wildman–Crippen MR) is 138 cm³/mol. The second kappa shape index (κ2) is 11.5. The van der Waals surface area contributed by atoms with E-state index in [9.17, 15) is 26.4 Å². The summed E-state index contributed by atoms with van der Waals surface area (Å²) in [6.07, 6.45) is -0.501. The van der Waals surface area contributed by atoms with Crippen molar-refractivity contribution in [2.75, 3.05) is 15.8 Å². The summed E-state index contributed by atoms with van der Waals surface area (Å²) >= 11 is 0. The van der Waals surface area contributed by atoms with Crippen LogP contribution in [0.3, 0.4) is 0 Å². The quantitative estimate of drug-likeness (QED) is 0.206. The Hall–Kier alpha value is -4.86. The van der Waals surface area contributed by atoms with Gasteiger partial charge in [-0.05, 0) is 36.8 Å². The largest absolute Gasteiger partial charge is 0.573 e. The number of anilines is 3. The third-order valence-corrected chi connectivity index (χ3v) is 6.58. The smallest absolute Gasteiger partial charge is 0.487 e. The molecule has 210 valence electrons. The van der Waals surface area contributed by atoms with E-state index in [4.69, 9.17) is 10.5 Å². The number of benzene rings is 2. The number of rotatable bonds is 11. The van der Waals surface area contributed by atoms with Gasteiger partial charge < -0.3 is 20.5 Å². The summed E-state index contributed by atoms with van der Waals surface area (Å²) in [5.74, 6) is -0.962. The molecule has 0 aliphatic rings. The van der Waals surface area contributed by atoms with E-state index in [0.717, 1.165) is 12.1 Å². The number of aromatic amines is 1. The van der Waals surface area contributed by atoms with Gasteiger partial charge in [0.1, 0.15) is 29.5 Å². The summed E-state index contributed by atoms with van der Waals surface area (Å²) < 4.78 is 73.9. The van der Waals surface area contributed by atoms with Crippen molar-refractivity contribution in [3.05, 3.63) is 72.2 Å². The maximum Gasteiger partial charge on any atom is 0.573 e. The van der Waals surface area contributed by atoms with Gasteiger partial charge in [0.15, 0.2) is 5.82 Å². The average molecular weight is 578 g/mol. The maximum absolute atomic E-state index is 12.4. The number of carbonyl (C=O) groups is 1. The molecule has 4 rings (SSSR count). The van der Waals surface area contributed by atoms with Crippen molar-refractivity contribution in [3.8, 4) is 22.8 Å². The first kappa shape index (κ1) is 28.2. The number of hydrogen-bond acceptors (Lipinski definition) is 9. The van der Waals surface area contributed by atoms with Crippen LogP contribution in [0.25, 0.3) is 11.3 Å². The molecule has 5 N–H and O–H groups in total. The van der Waals surface area contributed by atoms with Crippen molar-refractivity contribution in [2.24, 2.45) is 5.73 Å². The lowest BCUT2D eigenvalue weighted by Gasteiger charge is -2.15. The zero-order valence-electron chi connectivity index (χ0n) is 20.7. The van der Waals surface area contributed by atoms with Crippen LogP contribution in [-0.2, 0) is 16.6 Å². The molecular formula is C24H22F3N7O5S. The Morgan fingerprint density at radius 3 is 2.50 bits per heavy atom. The number of sulfonamides is 1. The van der Waals surface area contributed by atoms with E-state index < -0.39 is 28.0 Å². The van der Waals surface area contributed by atoms with Crippen LogP contribution in [0, 0.1) is 0 Å². The summed E-state index contributed by atoms with van der Waals surface area (Å²) in [5, 5.41) is 9.70. The predicted octanol–water partition coefficient (Wildman–Crippen LogP) is 3.95. The second-order valence-electron chi connectivity index (χ2n) is 8.10. The number of nitrogens with zero attached hydrogens (tertiary/aromatic N) is 3. The molecule has 0 fully saturated rings. The standard InChI is InChI=1S/C24H22F3N7O5S/c1-2-40(36,37)34-17-8-5-15(11-18(17)38-13-14-3-6-16(7-4-14)39-24(25,26)27)21-20(22(28)35)23(33-32-21)31-19-12-29-9-10-30-19/h3-12,34H,2,13H2,1H3,(H2,28,35)(H2,30,31,32,33). The molecule has 0 saturated carbocycles. The van der Waals surface area contributed by atoms with Crippen LogP contribution in [0.15, 0.2) is 61.1 Å². The van der Waals surface area contributed by atoms with Crippen molar-refractivity contribution >= 4 is 33.3 Å². The van der Waals surface area contributed by atoms with E-state index in [2.05, 4.69) is 34.9 Å². The Bertz CT molecular complexity index is 1600. The molecule has 0 spiro atoms. The third-order valence-electron chi connectivity index (χ3n) is 5.29. The van der Waals surface area contributed by atoms with E-state index in [1.54, 1.807) is 0 Å². The number of H-pyrrole nitrogens is 1. The molecule has 12 nitrogen and oxygen atoms in total. The molecule has 0 saturated heterocycles. The molecule has 4 aromatic rings. The van der Waals surface area contributed by atoms with E-state index in [0.29, 0.717) is 16.9 Å². The number of alkyl halides is 3. The van der Waals surface area contributed by atoms with Crippen molar-refractivity contribution in [3.63, 3.8) is 0 Å². The van der Waals surface area contributed by atoms with Crippen molar-refractivity contribution < 1.29 is 35.9 Å². The lowest BCUT2D eigenvalue weighted by molar-refractivity contribution is -0.274. The molecule has 2 aromatic heterocycles. The Morgan fingerprint density at radius 2 is 1.88 bits per heavy atom. The highest BCUT2D eigenvalue weighted by Crippen LogP contribution is 2.35. The maximum atomic E-state index is 12.4. The van der Waals surface area contributed by atoms with Gasteiger partial charge in [0, 0.05) is 18.0 Å². The topological polar surface area (TPSA) is 174 Å². The van der Waals surface area contributed by atoms with Crippen LogP contribution in [0.5, 0.6) is 11.5 Å². The van der Waals surface area contributed by atoms with Crippen LogP contribution < -0.4 is 25.2 Å². The first-order chi connectivity index (χ1) is 18.9. The van der Waals surface area contributed by atoms with E-state index in [-0.39, 0.29) is 40.9 Å². The van der Waals surface area contributed by atoms with Crippen LogP contribution in [0.2, 0.25) is 0 Å². The number of carbonyl (C=O) groups excluding carboxylic acids is 1. The fourth-order valence-electron chi connectivity index (χ4n) is 3.44. The van der Waals surface area contributed by atoms with Crippen molar-refractivity contribution in [2.45, 2.75) is 19.9 Å². The second-order valence-corrected chi connectivity index (χ2v) is 10.1. The van der Waals surface area contributed by atoms with Crippen LogP contribution in [0.4, 0.5) is 30.5 Å². The lowest BCUT2D eigenvalue weighted by atomic mass is 10.1. The van der Waals surface area contributed by atoms with Gasteiger partial charge in [-0.2, -0.15) is 5.10 Å². The molecule has 2 heterocycles. The van der Waals surface area contributed by atoms with Crippen LogP contribution in [-0.4, -0.2) is 46.6 Å². The van der Waals surface area contributed by atoms with E-state index >= 15 is 0 Å². The number of primary amides is 1. The van der Waals surface area contributed by atoms with Gasteiger partial charge in [-0.1, -0.05) is 18.2 Å². The van der Waals surface area contributed by atoms with E-state index in [1.807, 2.05) is 0 Å². The first-order valence-electron chi connectivity index (χ1n) is 11.5. The number of aromatic nitrogens is 4. The highest BCUT2D eigenvalue weighted by Gasteiger charge is 2.31. The molecule has 0 radical (unpaired) electrons. The molecule has 0 unspecified atom stereocenters. The SMILES string of the molecule is CCS(=O)(=O)Nc1ccc(-c2[nH]nc(Nc3cnccn3)c2C(N)=O)cc1OCc1ccc(OC(F)(F)F)cc1. The van der Waals surface area contributed by atoms with Gasteiger partial charge in [0.05, 0.1) is 23.3 Å². The minimum absolute atomic E-state index is 0.00116. The van der Waals surface area contributed by atoms with Gasteiger partial charge in [0.2, 0.25) is 10.0 Å². The summed E-state index contributed by atoms with van der Waals surface area (Å²) in [6.45, 7) is 1.32. The Labute approximate surface area is 225 Å². The minimum atomic E-state index is -4.83. The lowest BCUT2D eigenvalue weighted by Crippen LogP contribution is -2.17. The zero-order valence-corrected chi connectivity index (χ0v) is 21.5. The molecule has 0 aliphatic carbocycles. The first-order valence-corrected chi connectivity index (χ1v) is 13.1. The Balaban J connectivity index is 1.65. The molecule has 2 aromatic carbocycles. The summed E-state index contributed by atoms with van der Waals surface area (Å²) in [6, 6.07) is 9.39. The van der Waals surface area contributed by atoms with Crippen LogP contribution in [0.1, 0.15) is 22.8 Å². The number of nitrogens with two attached hydrogens (primary N) is 1. The summed E-state index contributed by atoms with van der Waals surface area (Å²) in [5.41, 5.74) is 6.78. The average Bonchev–Trinajstić information content (AvgIpc) is 3.32. The van der Waals surface area contributed by atoms with Crippen LogP contribution >= 0.6 is 0 Å². The van der Waals surface area contributed by atoms with Gasteiger partial charge in [-0.25, -0.2) is 13.4 Å². The zero-order chi connectivity index (χ0) is 28.9. The summed E-state index contributed by atoms with van der Waals surface area (Å²) in [7, 11) is -3.70.